The van der Waals surface area contributed by atoms with Gasteiger partial charge >= 0.3 is 0 Å². The normalized spacial score (nSPS) is 11.7. The molecule has 0 aliphatic rings. The third kappa shape index (κ3) is 3.32. The second-order valence-corrected chi connectivity index (χ2v) is 6.06. The second-order valence-electron chi connectivity index (χ2n) is 6.06. The van der Waals surface area contributed by atoms with Gasteiger partial charge in [0.1, 0.15) is 5.65 Å². The summed E-state index contributed by atoms with van der Waals surface area (Å²) in [7, 11) is 3.61. The van der Waals surface area contributed by atoms with Crippen molar-refractivity contribution in [3.63, 3.8) is 0 Å². The lowest BCUT2D eigenvalue weighted by atomic mass is 10.0. The van der Waals surface area contributed by atoms with Crippen molar-refractivity contribution in [1.82, 2.24) is 20.4 Å². The van der Waals surface area contributed by atoms with Crippen LogP contribution < -0.4 is 11.2 Å². The van der Waals surface area contributed by atoms with Gasteiger partial charge in [-0.15, -0.1) is 0 Å². The number of nitrogens with zero attached hydrogens (tertiary/aromatic N) is 2. The molecule has 2 aromatic heterocycles. The number of likely N-dealkylation sites (N-methyl/N-ethyl adjacent to an activating group) is 1. The van der Waals surface area contributed by atoms with E-state index in [4.69, 9.17) is 5.73 Å². The lowest BCUT2D eigenvalue weighted by molar-refractivity contribution is 0.0987. The van der Waals surface area contributed by atoms with Crippen molar-refractivity contribution in [2.75, 3.05) is 19.8 Å². The topological polar surface area (TPSA) is 87.0 Å². The van der Waals surface area contributed by atoms with E-state index in [1.165, 1.54) is 0 Å². The number of Topliss-reactive ketones (excluding diaryl/α,β-unsaturated/α-hetero) is 1. The number of rotatable bonds is 6. The molecular weight excluding hydrogens is 326 g/mol. The number of ketones is 1. The van der Waals surface area contributed by atoms with Crippen LogP contribution in [0, 0.1) is 0 Å². The van der Waals surface area contributed by atoms with Gasteiger partial charge in [-0.25, -0.2) is 10.4 Å². The Kier molecular flexibility index (Phi) is 5.04. The number of benzene rings is 1. The van der Waals surface area contributed by atoms with E-state index in [2.05, 4.69) is 15.4 Å². The monoisotopic (exact) mass is 349 g/mol. The summed E-state index contributed by atoms with van der Waals surface area (Å²) in [5, 5.41) is 2.52. The van der Waals surface area contributed by atoms with Gasteiger partial charge in [0.25, 0.3) is 0 Å². The molecule has 0 fully saturated rings. The van der Waals surface area contributed by atoms with Crippen LogP contribution in [0.3, 0.4) is 0 Å². The molecule has 4 N–H and O–H groups in total. The molecule has 0 aliphatic heterocycles. The maximum absolute atomic E-state index is 13.1. The number of fused-ring (bicyclic) bond motifs is 1. The molecule has 1 aromatic carbocycles. The number of H-pyrrole nitrogens is 1. The quantitative estimate of drug-likeness (QED) is 0.275. The number of pyridine rings is 1. The number of hydrazine groups is 1. The van der Waals surface area contributed by atoms with Gasteiger partial charge in [-0.3, -0.25) is 4.79 Å². The molecule has 0 unspecified atom stereocenters. The molecule has 6 heteroatoms. The van der Waals surface area contributed by atoms with Crippen LogP contribution in [0.15, 0.2) is 54.5 Å². The first kappa shape index (κ1) is 17.7. The predicted octanol–water partition coefficient (Wildman–Crippen LogP) is 3.35. The van der Waals surface area contributed by atoms with Crippen LogP contribution in [0.25, 0.3) is 22.2 Å². The van der Waals surface area contributed by atoms with Crippen LogP contribution in [0.5, 0.6) is 0 Å². The van der Waals surface area contributed by atoms with Gasteiger partial charge in [0.15, 0.2) is 0 Å². The zero-order valence-electron chi connectivity index (χ0n) is 15.2. The Hall–Kier alpha value is -3.12. The zero-order chi connectivity index (χ0) is 18.7. The highest BCUT2D eigenvalue weighted by molar-refractivity contribution is 6.15. The van der Waals surface area contributed by atoms with Crippen molar-refractivity contribution in [1.29, 1.82) is 0 Å². The minimum absolute atomic E-state index is 0.0542. The van der Waals surface area contributed by atoms with Gasteiger partial charge < -0.3 is 15.7 Å². The summed E-state index contributed by atoms with van der Waals surface area (Å²) < 4.78 is 0. The first-order valence-electron chi connectivity index (χ1n) is 8.54. The average molecular weight is 349 g/mol. The molecule has 0 bridgehead atoms. The van der Waals surface area contributed by atoms with E-state index in [0.29, 0.717) is 22.6 Å². The van der Waals surface area contributed by atoms with Gasteiger partial charge in [0.05, 0.1) is 11.3 Å². The number of anilines is 1. The standard InChI is InChI=1S/C20H23N5O/c1-4-6-18(25(3)22-2)19(26)17-12-24-20-16(17)10-14(11-23-20)13-7-5-8-15(21)9-13/h5-12,22H,4,21H2,1-3H3,(H,23,24)/b18-6-. The Morgan fingerprint density at radius 1 is 1.35 bits per heavy atom. The fourth-order valence-corrected chi connectivity index (χ4v) is 2.90. The molecule has 0 saturated heterocycles. The molecule has 134 valence electrons. The molecule has 3 aromatic rings. The second kappa shape index (κ2) is 7.41. The summed E-state index contributed by atoms with van der Waals surface area (Å²) in [4.78, 5) is 20.6. The molecule has 0 radical (unpaired) electrons. The zero-order valence-corrected chi connectivity index (χ0v) is 15.2. The van der Waals surface area contributed by atoms with Crippen LogP contribution in [-0.4, -0.2) is 34.9 Å². The lowest BCUT2D eigenvalue weighted by Gasteiger charge is -2.20. The first-order chi connectivity index (χ1) is 12.5. The summed E-state index contributed by atoms with van der Waals surface area (Å²) in [6, 6.07) is 9.60. The Balaban J connectivity index is 2.08. The van der Waals surface area contributed by atoms with Gasteiger partial charge in [-0.2, -0.15) is 0 Å². The third-order valence-corrected chi connectivity index (χ3v) is 4.32. The van der Waals surface area contributed by atoms with Crippen LogP contribution in [0.4, 0.5) is 5.69 Å². The smallest absolute Gasteiger partial charge is 0.212 e. The van der Waals surface area contributed by atoms with E-state index in [1.54, 1.807) is 24.5 Å². The number of carbonyl (C=O) groups excluding carboxylic acids is 1. The maximum Gasteiger partial charge on any atom is 0.212 e. The molecular formula is C20H23N5O. The van der Waals surface area contributed by atoms with Crippen LogP contribution >= 0.6 is 0 Å². The van der Waals surface area contributed by atoms with Crippen molar-refractivity contribution in [3.8, 4) is 11.1 Å². The van der Waals surface area contributed by atoms with Gasteiger partial charge in [-0.1, -0.05) is 25.1 Å². The van der Waals surface area contributed by atoms with E-state index in [9.17, 15) is 4.79 Å². The lowest BCUT2D eigenvalue weighted by Crippen LogP contribution is -2.33. The molecule has 26 heavy (non-hydrogen) atoms. The van der Waals surface area contributed by atoms with E-state index >= 15 is 0 Å². The first-order valence-corrected chi connectivity index (χ1v) is 8.54. The number of carbonyl (C=O) groups is 1. The summed E-state index contributed by atoms with van der Waals surface area (Å²) in [5.41, 5.74) is 13.3. The molecule has 0 atom stereocenters. The average Bonchev–Trinajstić information content (AvgIpc) is 3.08. The van der Waals surface area contributed by atoms with Gasteiger partial charge in [-0.05, 0) is 30.2 Å². The number of allylic oxidation sites excluding steroid dienone is 2. The number of nitrogens with two attached hydrogens (primary N) is 1. The maximum atomic E-state index is 13.1. The SMILES string of the molecule is CC/C=C(/C(=O)c1c[nH]c2ncc(-c3cccc(N)c3)cc12)N(C)NC. The molecule has 0 aliphatic carbocycles. The molecule has 2 heterocycles. The Morgan fingerprint density at radius 3 is 2.85 bits per heavy atom. The largest absolute Gasteiger partial charge is 0.399 e. The van der Waals surface area contributed by atoms with Crippen molar-refractivity contribution >= 4 is 22.5 Å². The highest BCUT2D eigenvalue weighted by Gasteiger charge is 2.20. The Morgan fingerprint density at radius 2 is 2.15 bits per heavy atom. The van der Waals surface area contributed by atoms with E-state index in [0.717, 1.165) is 22.9 Å². The number of aromatic nitrogens is 2. The van der Waals surface area contributed by atoms with Crippen LogP contribution in [-0.2, 0) is 0 Å². The van der Waals surface area contributed by atoms with Crippen molar-refractivity contribution in [3.05, 3.63) is 60.1 Å². The van der Waals surface area contributed by atoms with Crippen LogP contribution in [0.1, 0.15) is 23.7 Å². The third-order valence-electron chi connectivity index (χ3n) is 4.32. The number of aromatic amines is 1. The molecule has 0 amide bonds. The van der Waals surface area contributed by atoms with E-state index in [1.807, 2.05) is 50.4 Å². The minimum atomic E-state index is -0.0542. The Labute approximate surface area is 152 Å². The number of hydrogen-bond donors (Lipinski definition) is 3. The number of nitrogen functional groups attached to an aromatic ring is 1. The summed E-state index contributed by atoms with van der Waals surface area (Å²) >= 11 is 0. The van der Waals surface area contributed by atoms with Crippen molar-refractivity contribution < 1.29 is 4.79 Å². The predicted molar refractivity (Wildman–Crippen MR) is 105 cm³/mol. The van der Waals surface area contributed by atoms with E-state index in [-0.39, 0.29) is 5.78 Å². The van der Waals surface area contributed by atoms with Crippen molar-refractivity contribution in [2.24, 2.45) is 0 Å². The minimum Gasteiger partial charge on any atom is -0.399 e. The molecule has 3 rings (SSSR count). The van der Waals surface area contributed by atoms with Crippen molar-refractivity contribution in [2.45, 2.75) is 13.3 Å². The van der Waals surface area contributed by atoms with E-state index < -0.39 is 0 Å². The summed E-state index contributed by atoms with van der Waals surface area (Å²) in [5.74, 6) is -0.0542. The molecule has 0 saturated carbocycles. The molecule has 6 nitrogen and oxygen atoms in total. The Bertz CT molecular complexity index is 973. The van der Waals surface area contributed by atoms with Gasteiger partial charge in [0, 0.05) is 43.1 Å². The van der Waals surface area contributed by atoms with Gasteiger partial charge in [0.2, 0.25) is 5.78 Å². The molecule has 0 spiro atoms. The number of hydrogen-bond acceptors (Lipinski definition) is 5. The highest BCUT2D eigenvalue weighted by Crippen LogP contribution is 2.27. The highest BCUT2D eigenvalue weighted by atomic mass is 16.1. The fourth-order valence-electron chi connectivity index (χ4n) is 2.90. The summed E-state index contributed by atoms with van der Waals surface area (Å²) in [6.45, 7) is 2.01. The summed E-state index contributed by atoms with van der Waals surface area (Å²) in [6.07, 6.45) is 6.18. The number of nitrogens with one attached hydrogen (secondary N) is 2. The fraction of sp³-hybridized carbons (Fsp3) is 0.200. The van der Waals surface area contributed by atoms with Crippen LogP contribution in [0.2, 0.25) is 0 Å².